The third-order valence-electron chi connectivity index (χ3n) is 5.12. The number of nitrogens with one attached hydrogen (secondary N) is 1. The van der Waals surface area contributed by atoms with Crippen molar-refractivity contribution in [3.63, 3.8) is 0 Å². The number of aryl methyl sites for hydroxylation is 1. The largest absolute Gasteiger partial charge is 0.354 e. The van der Waals surface area contributed by atoms with Crippen LogP contribution >= 0.6 is 11.6 Å². The Bertz CT molecular complexity index is 822. The SMILES string of the molecule is CCCCNC(=O)[C@H](CC)N(Cc1ccccc1C)C(=O)Cc1ccccc1Cl. The Morgan fingerprint density at radius 3 is 2.31 bits per heavy atom. The maximum atomic E-state index is 13.3. The van der Waals surface area contributed by atoms with Crippen LogP contribution in [0.5, 0.6) is 0 Å². The third kappa shape index (κ3) is 6.60. The Kier molecular flexibility index (Phi) is 9.20. The zero-order valence-corrected chi connectivity index (χ0v) is 18.3. The van der Waals surface area contributed by atoms with Crippen molar-refractivity contribution in [3.8, 4) is 0 Å². The third-order valence-corrected chi connectivity index (χ3v) is 5.49. The van der Waals surface area contributed by atoms with Crippen LogP contribution in [0.4, 0.5) is 0 Å². The molecule has 0 aliphatic carbocycles. The molecule has 0 saturated heterocycles. The topological polar surface area (TPSA) is 49.4 Å². The summed E-state index contributed by atoms with van der Waals surface area (Å²) in [5.41, 5.74) is 2.92. The number of hydrogen-bond donors (Lipinski definition) is 1. The maximum Gasteiger partial charge on any atom is 0.242 e. The lowest BCUT2D eigenvalue weighted by Gasteiger charge is -2.31. The molecule has 2 amide bonds. The fraction of sp³-hybridized carbons (Fsp3) is 0.417. The van der Waals surface area contributed by atoms with Crippen LogP contribution in [0.1, 0.15) is 49.8 Å². The van der Waals surface area contributed by atoms with Crippen LogP contribution in [-0.4, -0.2) is 29.3 Å². The molecule has 0 heterocycles. The zero-order chi connectivity index (χ0) is 21.2. The fourth-order valence-corrected chi connectivity index (χ4v) is 3.51. The molecule has 0 spiro atoms. The Morgan fingerprint density at radius 1 is 1.03 bits per heavy atom. The van der Waals surface area contributed by atoms with Crippen molar-refractivity contribution in [2.75, 3.05) is 6.54 Å². The summed E-state index contributed by atoms with van der Waals surface area (Å²) in [5.74, 6) is -0.194. The summed E-state index contributed by atoms with van der Waals surface area (Å²) >= 11 is 6.27. The highest BCUT2D eigenvalue weighted by molar-refractivity contribution is 6.31. The number of carbonyl (C=O) groups is 2. The number of benzene rings is 2. The van der Waals surface area contributed by atoms with E-state index in [1.165, 1.54) is 0 Å². The molecule has 0 saturated carbocycles. The normalized spacial score (nSPS) is 11.7. The van der Waals surface area contributed by atoms with E-state index in [1.54, 1.807) is 11.0 Å². The van der Waals surface area contributed by atoms with Crippen LogP contribution in [0, 0.1) is 6.92 Å². The average Bonchev–Trinajstić information content (AvgIpc) is 2.71. The standard InChI is InChI=1S/C24H31ClN2O2/c1-4-6-15-26-24(29)22(5-2)27(17-20-13-8-7-11-18(20)3)23(28)16-19-12-9-10-14-21(19)25/h7-14,22H,4-6,15-17H2,1-3H3,(H,26,29)/t22-/m0/s1. The highest BCUT2D eigenvalue weighted by atomic mass is 35.5. The molecule has 0 fully saturated rings. The van der Waals surface area contributed by atoms with E-state index in [1.807, 2.05) is 56.3 Å². The Morgan fingerprint density at radius 2 is 1.69 bits per heavy atom. The number of halogens is 1. The lowest BCUT2D eigenvalue weighted by atomic mass is 10.0. The summed E-state index contributed by atoms with van der Waals surface area (Å²) in [6, 6.07) is 14.8. The van der Waals surface area contributed by atoms with E-state index in [4.69, 9.17) is 11.6 Å². The van der Waals surface area contributed by atoms with Crippen LogP contribution in [0.15, 0.2) is 48.5 Å². The molecule has 0 bridgehead atoms. The van der Waals surface area contributed by atoms with Gasteiger partial charge < -0.3 is 10.2 Å². The molecule has 0 aliphatic rings. The molecule has 5 heteroatoms. The van der Waals surface area contributed by atoms with Crippen LogP contribution in [0.3, 0.4) is 0 Å². The number of carbonyl (C=O) groups excluding carboxylic acids is 2. The first-order chi connectivity index (χ1) is 14.0. The minimum atomic E-state index is -0.513. The van der Waals surface area contributed by atoms with Gasteiger partial charge in [-0.15, -0.1) is 0 Å². The summed E-state index contributed by atoms with van der Waals surface area (Å²) in [4.78, 5) is 27.9. The summed E-state index contributed by atoms with van der Waals surface area (Å²) in [7, 11) is 0. The first kappa shape index (κ1) is 23.0. The van der Waals surface area contributed by atoms with E-state index in [0.717, 1.165) is 29.5 Å². The Labute approximate surface area is 179 Å². The van der Waals surface area contributed by atoms with Crippen molar-refractivity contribution in [2.45, 2.75) is 59.0 Å². The fourth-order valence-electron chi connectivity index (χ4n) is 3.30. The van der Waals surface area contributed by atoms with Crippen LogP contribution in [-0.2, 0) is 22.6 Å². The van der Waals surface area contributed by atoms with Crippen molar-refractivity contribution < 1.29 is 9.59 Å². The molecule has 2 rings (SSSR count). The number of amides is 2. The highest BCUT2D eigenvalue weighted by Crippen LogP contribution is 2.20. The van der Waals surface area contributed by atoms with Gasteiger partial charge in [0.15, 0.2) is 0 Å². The minimum absolute atomic E-state index is 0.0953. The molecule has 1 atom stereocenters. The van der Waals surface area contributed by atoms with E-state index < -0.39 is 6.04 Å². The molecule has 156 valence electrons. The van der Waals surface area contributed by atoms with Gasteiger partial charge in [0, 0.05) is 18.1 Å². The second-order valence-corrected chi connectivity index (χ2v) is 7.69. The molecule has 2 aromatic rings. The summed E-state index contributed by atoms with van der Waals surface area (Å²) < 4.78 is 0. The highest BCUT2D eigenvalue weighted by Gasteiger charge is 2.29. The molecule has 0 unspecified atom stereocenters. The molecule has 0 aromatic heterocycles. The Hall–Kier alpha value is -2.33. The number of nitrogens with zero attached hydrogens (tertiary/aromatic N) is 1. The van der Waals surface area contributed by atoms with Crippen LogP contribution < -0.4 is 5.32 Å². The van der Waals surface area contributed by atoms with E-state index >= 15 is 0 Å². The number of hydrogen-bond acceptors (Lipinski definition) is 2. The van der Waals surface area contributed by atoms with Crippen LogP contribution in [0.2, 0.25) is 5.02 Å². The number of unbranched alkanes of at least 4 members (excludes halogenated alkanes) is 1. The van der Waals surface area contributed by atoms with Gasteiger partial charge in [-0.1, -0.05) is 74.3 Å². The first-order valence-corrected chi connectivity index (χ1v) is 10.7. The van der Waals surface area contributed by atoms with E-state index in [9.17, 15) is 9.59 Å². The molecule has 4 nitrogen and oxygen atoms in total. The first-order valence-electron chi connectivity index (χ1n) is 10.3. The zero-order valence-electron chi connectivity index (χ0n) is 17.6. The Balaban J connectivity index is 2.28. The quantitative estimate of drug-likeness (QED) is 0.561. The van der Waals surface area contributed by atoms with Gasteiger partial charge in [0.2, 0.25) is 11.8 Å². The van der Waals surface area contributed by atoms with E-state index in [-0.39, 0.29) is 18.2 Å². The van der Waals surface area contributed by atoms with Gasteiger partial charge in [-0.05, 0) is 42.5 Å². The summed E-state index contributed by atoms with van der Waals surface area (Å²) in [6.45, 7) is 7.07. The molecular weight excluding hydrogens is 384 g/mol. The van der Waals surface area contributed by atoms with Gasteiger partial charge in [-0.3, -0.25) is 9.59 Å². The second kappa shape index (κ2) is 11.6. The monoisotopic (exact) mass is 414 g/mol. The second-order valence-electron chi connectivity index (χ2n) is 7.28. The van der Waals surface area contributed by atoms with Gasteiger partial charge in [-0.25, -0.2) is 0 Å². The van der Waals surface area contributed by atoms with Gasteiger partial charge in [0.1, 0.15) is 6.04 Å². The van der Waals surface area contributed by atoms with Crippen molar-refractivity contribution in [2.24, 2.45) is 0 Å². The average molecular weight is 415 g/mol. The molecule has 0 aliphatic heterocycles. The van der Waals surface area contributed by atoms with E-state index in [0.29, 0.717) is 24.5 Å². The molecule has 2 aromatic carbocycles. The number of rotatable bonds is 10. The van der Waals surface area contributed by atoms with E-state index in [2.05, 4.69) is 12.2 Å². The predicted octanol–water partition coefficient (Wildman–Crippen LogP) is 4.91. The molecule has 29 heavy (non-hydrogen) atoms. The predicted molar refractivity (Wildman–Crippen MR) is 119 cm³/mol. The maximum absolute atomic E-state index is 13.3. The van der Waals surface area contributed by atoms with Crippen molar-refractivity contribution >= 4 is 23.4 Å². The van der Waals surface area contributed by atoms with Gasteiger partial charge in [0.25, 0.3) is 0 Å². The smallest absolute Gasteiger partial charge is 0.242 e. The molecular formula is C24H31ClN2O2. The molecule has 0 radical (unpaired) electrons. The lowest BCUT2D eigenvalue weighted by molar-refractivity contribution is -0.140. The van der Waals surface area contributed by atoms with Crippen molar-refractivity contribution in [3.05, 3.63) is 70.2 Å². The lowest BCUT2D eigenvalue weighted by Crippen LogP contribution is -2.49. The summed E-state index contributed by atoms with van der Waals surface area (Å²) in [6.07, 6.45) is 2.66. The summed E-state index contributed by atoms with van der Waals surface area (Å²) in [5, 5.41) is 3.55. The molecule has 1 N–H and O–H groups in total. The van der Waals surface area contributed by atoms with Crippen LogP contribution in [0.25, 0.3) is 0 Å². The van der Waals surface area contributed by atoms with Gasteiger partial charge in [-0.2, -0.15) is 0 Å². The minimum Gasteiger partial charge on any atom is -0.354 e. The van der Waals surface area contributed by atoms with Gasteiger partial charge >= 0.3 is 0 Å². The van der Waals surface area contributed by atoms with Gasteiger partial charge in [0.05, 0.1) is 6.42 Å². The van der Waals surface area contributed by atoms with Crippen molar-refractivity contribution in [1.82, 2.24) is 10.2 Å². The van der Waals surface area contributed by atoms with Crippen molar-refractivity contribution in [1.29, 1.82) is 0 Å².